The number of aryl methyl sites for hydroxylation is 1. The molecule has 150 valence electrons. The maximum Gasteiger partial charge on any atom is 0.573 e. The van der Waals surface area contributed by atoms with Crippen LogP contribution in [0.3, 0.4) is 0 Å². The van der Waals surface area contributed by atoms with E-state index in [-0.39, 0.29) is 29.9 Å². The highest BCUT2D eigenvalue weighted by molar-refractivity contribution is 5.96. The van der Waals surface area contributed by atoms with Crippen LogP contribution < -0.4 is 9.64 Å². The van der Waals surface area contributed by atoms with Crippen molar-refractivity contribution in [2.24, 2.45) is 0 Å². The summed E-state index contributed by atoms with van der Waals surface area (Å²) < 4.78 is 45.8. The van der Waals surface area contributed by atoms with Crippen molar-refractivity contribution in [2.75, 3.05) is 11.4 Å². The standard InChI is InChI=1S/C20H16F3N3O3/c1-12-2-6-15(7-3-12)26-11-14(10-17(26)27)18-24-19(29-25-18)13-4-8-16(9-5-13)28-20(21,22)23/h2-9,14H,10-11H2,1H3/t14-/m0/s1. The zero-order valence-corrected chi connectivity index (χ0v) is 15.3. The molecule has 4 rings (SSSR count). The average Bonchev–Trinajstić information content (AvgIpc) is 3.29. The van der Waals surface area contributed by atoms with Gasteiger partial charge in [0.15, 0.2) is 5.82 Å². The Morgan fingerprint density at radius 3 is 2.45 bits per heavy atom. The van der Waals surface area contributed by atoms with Gasteiger partial charge in [-0.25, -0.2) is 0 Å². The molecule has 6 nitrogen and oxygen atoms in total. The van der Waals surface area contributed by atoms with E-state index in [9.17, 15) is 18.0 Å². The molecule has 3 aromatic rings. The minimum Gasteiger partial charge on any atom is -0.406 e. The van der Waals surface area contributed by atoms with Crippen molar-refractivity contribution in [3.05, 3.63) is 59.9 Å². The van der Waals surface area contributed by atoms with Gasteiger partial charge in [-0.05, 0) is 43.3 Å². The van der Waals surface area contributed by atoms with Crippen LogP contribution in [0.15, 0.2) is 53.1 Å². The molecule has 0 aliphatic carbocycles. The lowest BCUT2D eigenvalue weighted by atomic mass is 10.1. The number of hydrogen-bond donors (Lipinski definition) is 0. The van der Waals surface area contributed by atoms with Crippen LogP contribution in [0.5, 0.6) is 5.75 Å². The Balaban J connectivity index is 1.48. The van der Waals surface area contributed by atoms with E-state index in [0.29, 0.717) is 17.9 Å². The number of ether oxygens (including phenoxy) is 1. The van der Waals surface area contributed by atoms with Gasteiger partial charge >= 0.3 is 6.36 Å². The summed E-state index contributed by atoms with van der Waals surface area (Å²) in [7, 11) is 0. The number of anilines is 1. The molecule has 1 saturated heterocycles. The largest absolute Gasteiger partial charge is 0.573 e. The third-order valence-corrected chi connectivity index (χ3v) is 4.61. The van der Waals surface area contributed by atoms with Crippen molar-refractivity contribution in [3.8, 4) is 17.2 Å². The lowest BCUT2D eigenvalue weighted by molar-refractivity contribution is -0.274. The SMILES string of the molecule is Cc1ccc(N2C[C@@H](c3noc(-c4ccc(OC(F)(F)F)cc4)n3)CC2=O)cc1. The highest BCUT2D eigenvalue weighted by atomic mass is 19.4. The predicted octanol–water partition coefficient (Wildman–Crippen LogP) is 4.46. The summed E-state index contributed by atoms with van der Waals surface area (Å²) in [5.74, 6) is -0.0394. The van der Waals surface area contributed by atoms with Crippen LogP contribution in [0, 0.1) is 6.92 Å². The number of alkyl halides is 3. The van der Waals surface area contributed by atoms with Crippen LogP contribution in [0.2, 0.25) is 0 Å². The molecule has 0 spiro atoms. The summed E-state index contributed by atoms with van der Waals surface area (Å²) in [6.45, 7) is 2.40. The summed E-state index contributed by atoms with van der Waals surface area (Å²) in [6.07, 6.45) is -4.50. The van der Waals surface area contributed by atoms with E-state index in [1.807, 2.05) is 31.2 Å². The Bertz CT molecular complexity index is 1010. The molecule has 0 unspecified atom stereocenters. The number of aromatic nitrogens is 2. The highest BCUT2D eigenvalue weighted by Gasteiger charge is 2.35. The number of hydrogen-bond acceptors (Lipinski definition) is 5. The minimum absolute atomic E-state index is 0.0288. The van der Waals surface area contributed by atoms with E-state index in [1.165, 1.54) is 24.3 Å². The lowest BCUT2D eigenvalue weighted by Crippen LogP contribution is -2.24. The van der Waals surface area contributed by atoms with Crippen LogP contribution in [0.4, 0.5) is 18.9 Å². The van der Waals surface area contributed by atoms with E-state index in [4.69, 9.17) is 4.52 Å². The molecule has 1 amide bonds. The first-order valence-corrected chi connectivity index (χ1v) is 8.85. The summed E-state index contributed by atoms with van der Waals surface area (Å²) in [4.78, 5) is 18.4. The van der Waals surface area contributed by atoms with Crippen molar-refractivity contribution < 1.29 is 27.2 Å². The van der Waals surface area contributed by atoms with Crippen molar-refractivity contribution in [3.63, 3.8) is 0 Å². The third-order valence-electron chi connectivity index (χ3n) is 4.61. The van der Waals surface area contributed by atoms with Gasteiger partial charge in [0.1, 0.15) is 5.75 Å². The van der Waals surface area contributed by atoms with Crippen LogP contribution in [0.25, 0.3) is 11.5 Å². The Morgan fingerprint density at radius 2 is 1.79 bits per heavy atom. The van der Waals surface area contributed by atoms with Gasteiger partial charge in [-0.2, -0.15) is 4.98 Å². The van der Waals surface area contributed by atoms with Crippen LogP contribution in [0.1, 0.15) is 23.7 Å². The summed E-state index contributed by atoms with van der Waals surface area (Å²) in [5.41, 5.74) is 2.37. The van der Waals surface area contributed by atoms with Crippen LogP contribution in [-0.4, -0.2) is 29.0 Å². The van der Waals surface area contributed by atoms with Gasteiger partial charge in [0, 0.05) is 30.1 Å². The number of nitrogens with zero attached hydrogens (tertiary/aromatic N) is 3. The van der Waals surface area contributed by atoms with Gasteiger partial charge in [0.2, 0.25) is 5.91 Å². The third kappa shape index (κ3) is 4.23. The molecule has 0 radical (unpaired) electrons. The zero-order chi connectivity index (χ0) is 20.6. The Kier molecular flexibility index (Phi) is 4.73. The second-order valence-corrected chi connectivity index (χ2v) is 6.77. The van der Waals surface area contributed by atoms with Gasteiger partial charge in [-0.1, -0.05) is 22.9 Å². The normalized spacial score (nSPS) is 17.0. The first-order valence-electron chi connectivity index (χ1n) is 8.85. The Hall–Kier alpha value is -3.36. The minimum atomic E-state index is -4.75. The molecule has 9 heteroatoms. The number of amides is 1. The molecule has 0 N–H and O–H groups in total. The van der Waals surface area contributed by atoms with Gasteiger partial charge in [0.05, 0.1) is 0 Å². The number of halogens is 3. The molecule has 2 heterocycles. The van der Waals surface area contributed by atoms with Crippen molar-refractivity contribution in [2.45, 2.75) is 25.6 Å². The van der Waals surface area contributed by atoms with Gasteiger partial charge in [-0.15, -0.1) is 13.2 Å². The fourth-order valence-electron chi connectivity index (χ4n) is 3.17. The molecule has 1 aliphatic rings. The molecule has 2 aromatic carbocycles. The van der Waals surface area contributed by atoms with Crippen molar-refractivity contribution in [1.82, 2.24) is 10.1 Å². The summed E-state index contributed by atoms with van der Waals surface area (Å²) >= 11 is 0. The molecular formula is C20H16F3N3O3. The highest BCUT2D eigenvalue weighted by Crippen LogP contribution is 2.32. The zero-order valence-electron chi connectivity index (χ0n) is 15.3. The second-order valence-electron chi connectivity index (χ2n) is 6.77. The topological polar surface area (TPSA) is 68.5 Å². The number of carbonyl (C=O) groups excluding carboxylic acids is 1. The fraction of sp³-hybridized carbons (Fsp3) is 0.250. The summed E-state index contributed by atoms with van der Waals surface area (Å²) in [6, 6.07) is 12.8. The Morgan fingerprint density at radius 1 is 1.10 bits per heavy atom. The number of carbonyl (C=O) groups is 1. The predicted molar refractivity (Wildman–Crippen MR) is 97.3 cm³/mol. The smallest absolute Gasteiger partial charge is 0.406 e. The average molecular weight is 403 g/mol. The molecular weight excluding hydrogens is 387 g/mol. The first kappa shape index (κ1) is 19.0. The van der Waals surface area contributed by atoms with Gasteiger partial charge < -0.3 is 14.2 Å². The summed E-state index contributed by atoms with van der Waals surface area (Å²) in [5, 5.41) is 3.96. The van der Waals surface area contributed by atoms with E-state index in [0.717, 1.165) is 11.3 Å². The van der Waals surface area contributed by atoms with E-state index >= 15 is 0 Å². The van der Waals surface area contributed by atoms with E-state index < -0.39 is 6.36 Å². The van der Waals surface area contributed by atoms with Gasteiger partial charge in [0.25, 0.3) is 5.89 Å². The molecule has 1 atom stereocenters. The molecule has 1 aliphatic heterocycles. The van der Waals surface area contributed by atoms with E-state index in [1.54, 1.807) is 4.90 Å². The second kappa shape index (κ2) is 7.23. The fourth-order valence-corrected chi connectivity index (χ4v) is 3.17. The van der Waals surface area contributed by atoms with Crippen molar-refractivity contribution >= 4 is 11.6 Å². The molecule has 1 fully saturated rings. The molecule has 0 bridgehead atoms. The number of benzene rings is 2. The van der Waals surface area contributed by atoms with Crippen LogP contribution in [-0.2, 0) is 4.79 Å². The Labute approximate surface area is 163 Å². The van der Waals surface area contributed by atoms with Gasteiger partial charge in [-0.3, -0.25) is 4.79 Å². The maximum absolute atomic E-state index is 12.4. The van der Waals surface area contributed by atoms with Crippen LogP contribution >= 0.6 is 0 Å². The van der Waals surface area contributed by atoms with E-state index in [2.05, 4.69) is 14.9 Å². The molecule has 0 saturated carbocycles. The maximum atomic E-state index is 12.4. The molecule has 29 heavy (non-hydrogen) atoms. The number of rotatable bonds is 4. The molecule has 1 aromatic heterocycles. The quantitative estimate of drug-likeness (QED) is 0.643. The first-order chi connectivity index (χ1) is 13.8. The van der Waals surface area contributed by atoms with Crippen molar-refractivity contribution in [1.29, 1.82) is 0 Å². The monoisotopic (exact) mass is 403 g/mol. The lowest BCUT2D eigenvalue weighted by Gasteiger charge is -2.16.